The highest BCUT2D eigenvalue weighted by Crippen LogP contribution is 2.12. The molecule has 138 valence electrons. The first-order valence-corrected chi connectivity index (χ1v) is 8.96. The molecule has 1 aromatic rings. The van der Waals surface area contributed by atoms with Crippen LogP contribution in [0.4, 0.5) is 0 Å². The average Bonchev–Trinajstić information content (AvgIpc) is 3.03. The number of rotatable bonds is 9. The fourth-order valence-corrected chi connectivity index (χ4v) is 2.62. The Hall–Kier alpha value is -2.22. The van der Waals surface area contributed by atoms with Crippen molar-refractivity contribution in [3.63, 3.8) is 0 Å². The first kappa shape index (κ1) is 20.8. The number of amides is 3. The van der Waals surface area contributed by atoms with Gasteiger partial charge in [0, 0.05) is 31.3 Å². The van der Waals surface area contributed by atoms with Crippen LogP contribution in [-0.4, -0.2) is 42.1 Å². The molecule has 0 spiro atoms. The molecule has 0 aliphatic rings. The number of hydrogen-bond donors (Lipinski definition) is 3. The van der Waals surface area contributed by atoms with Gasteiger partial charge in [0.2, 0.25) is 17.7 Å². The van der Waals surface area contributed by atoms with Gasteiger partial charge in [0.25, 0.3) is 0 Å². The van der Waals surface area contributed by atoms with E-state index in [9.17, 15) is 19.2 Å². The molecule has 1 rings (SSSR count). The zero-order chi connectivity index (χ0) is 18.9. The van der Waals surface area contributed by atoms with Crippen LogP contribution >= 0.6 is 11.3 Å². The maximum Gasteiger partial charge on any atom is 0.239 e. The minimum Gasteiger partial charge on any atom is -0.356 e. The van der Waals surface area contributed by atoms with Gasteiger partial charge in [0.1, 0.15) is 0 Å². The van der Waals surface area contributed by atoms with Crippen molar-refractivity contribution in [2.24, 2.45) is 0 Å². The van der Waals surface area contributed by atoms with Crippen LogP contribution in [0, 0.1) is 0 Å². The van der Waals surface area contributed by atoms with Crippen molar-refractivity contribution >= 4 is 34.8 Å². The third kappa shape index (κ3) is 9.61. The normalized spacial score (nSPS) is 10.8. The van der Waals surface area contributed by atoms with E-state index in [-0.39, 0.29) is 61.4 Å². The second-order valence-corrected chi connectivity index (χ2v) is 7.52. The van der Waals surface area contributed by atoms with E-state index in [0.717, 1.165) is 0 Å². The van der Waals surface area contributed by atoms with E-state index >= 15 is 0 Å². The van der Waals surface area contributed by atoms with Gasteiger partial charge in [-0.1, -0.05) is 6.07 Å². The minimum atomic E-state index is -0.351. The zero-order valence-corrected chi connectivity index (χ0v) is 15.6. The van der Waals surface area contributed by atoms with E-state index in [1.54, 1.807) is 12.1 Å². The van der Waals surface area contributed by atoms with E-state index < -0.39 is 0 Å². The third-order valence-corrected chi connectivity index (χ3v) is 3.92. The van der Waals surface area contributed by atoms with E-state index in [1.165, 1.54) is 11.3 Å². The highest BCUT2D eigenvalue weighted by Gasteiger charge is 2.14. The lowest BCUT2D eigenvalue weighted by Gasteiger charge is -2.20. The van der Waals surface area contributed by atoms with Gasteiger partial charge in [-0.15, -0.1) is 11.3 Å². The fourth-order valence-electron chi connectivity index (χ4n) is 1.92. The number of nitrogens with one attached hydrogen (secondary N) is 3. The molecular weight excluding hydrogens is 342 g/mol. The second kappa shape index (κ2) is 9.93. The summed E-state index contributed by atoms with van der Waals surface area (Å²) in [4.78, 5) is 47.3. The van der Waals surface area contributed by atoms with Crippen LogP contribution in [0.3, 0.4) is 0 Å². The first-order chi connectivity index (χ1) is 11.7. The number of thiophene rings is 1. The summed E-state index contributed by atoms with van der Waals surface area (Å²) in [5, 5.41) is 9.63. The van der Waals surface area contributed by atoms with Gasteiger partial charge >= 0.3 is 0 Å². The molecule has 0 fully saturated rings. The van der Waals surface area contributed by atoms with E-state index in [4.69, 9.17) is 0 Å². The zero-order valence-electron chi connectivity index (χ0n) is 14.8. The molecule has 3 N–H and O–H groups in total. The number of hydrogen-bond acceptors (Lipinski definition) is 5. The topological polar surface area (TPSA) is 104 Å². The Morgan fingerprint density at radius 1 is 0.960 bits per heavy atom. The van der Waals surface area contributed by atoms with Gasteiger partial charge in [-0.2, -0.15) is 0 Å². The smallest absolute Gasteiger partial charge is 0.239 e. The minimum absolute atomic E-state index is 0.0623. The van der Waals surface area contributed by atoms with Crippen LogP contribution in [-0.2, 0) is 14.4 Å². The van der Waals surface area contributed by atoms with Gasteiger partial charge in [-0.25, -0.2) is 0 Å². The van der Waals surface area contributed by atoms with Crippen LogP contribution in [0.2, 0.25) is 0 Å². The van der Waals surface area contributed by atoms with E-state index in [2.05, 4.69) is 16.0 Å². The number of carbonyl (C=O) groups is 4. The highest BCUT2D eigenvalue weighted by atomic mass is 32.1. The number of carbonyl (C=O) groups excluding carboxylic acids is 4. The maximum absolute atomic E-state index is 11.8. The molecule has 8 heteroatoms. The van der Waals surface area contributed by atoms with E-state index in [0.29, 0.717) is 4.88 Å². The van der Waals surface area contributed by atoms with Crippen molar-refractivity contribution in [1.29, 1.82) is 0 Å². The number of ketones is 1. The molecule has 25 heavy (non-hydrogen) atoms. The molecule has 0 saturated heterocycles. The van der Waals surface area contributed by atoms with Gasteiger partial charge < -0.3 is 16.0 Å². The molecule has 0 radical (unpaired) electrons. The molecule has 0 aliphatic carbocycles. The predicted octanol–water partition coefficient (Wildman–Crippen LogP) is 1.25. The predicted molar refractivity (Wildman–Crippen MR) is 96.4 cm³/mol. The summed E-state index contributed by atoms with van der Waals surface area (Å²) in [7, 11) is 0. The Morgan fingerprint density at radius 3 is 2.24 bits per heavy atom. The summed E-state index contributed by atoms with van der Waals surface area (Å²) in [5.41, 5.74) is -0.351. The molecule has 0 aliphatic heterocycles. The summed E-state index contributed by atoms with van der Waals surface area (Å²) in [6, 6.07) is 3.52. The summed E-state index contributed by atoms with van der Waals surface area (Å²) >= 11 is 1.35. The molecule has 0 saturated carbocycles. The Balaban J connectivity index is 2.13. The third-order valence-electron chi connectivity index (χ3n) is 3.01. The Bertz CT molecular complexity index is 606. The quantitative estimate of drug-likeness (QED) is 0.571. The maximum atomic E-state index is 11.8. The van der Waals surface area contributed by atoms with Crippen LogP contribution in [0.15, 0.2) is 17.5 Å². The fraction of sp³-hybridized carbons (Fsp3) is 0.529. The average molecular weight is 367 g/mol. The lowest BCUT2D eigenvalue weighted by atomic mass is 10.1. The molecule has 7 nitrogen and oxygen atoms in total. The van der Waals surface area contributed by atoms with E-state index in [1.807, 2.05) is 26.2 Å². The molecule has 3 amide bonds. The van der Waals surface area contributed by atoms with Crippen LogP contribution in [0.25, 0.3) is 0 Å². The molecule has 0 unspecified atom stereocenters. The Kier molecular flexibility index (Phi) is 8.27. The van der Waals surface area contributed by atoms with Crippen molar-refractivity contribution in [2.45, 2.75) is 45.6 Å². The highest BCUT2D eigenvalue weighted by molar-refractivity contribution is 7.12. The molecule has 1 heterocycles. The molecule has 1 aromatic heterocycles. The number of Topliss-reactive ketones (excluding diaryl/α,β-unsaturated/α-hetero) is 1. The summed E-state index contributed by atoms with van der Waals surface area (Å²) in [6.07, 6.45) is 0.311. The monoisotopic (exact) mass is 367 g/mol. The summed E-state index contributed by atoms with van der Waals surface area (Å²) < 4.78 is 0. The second-order valence-electron chi connectivity index (χ2n) is 6.58. The largest absolute Gasteiger partial charge is 0.356 e. The summed E-state index contributed by atoms with van der Waals surface area (Å²) in [5.74, 6) is -0.924. The van der Waals surface area contributed by atoms with Crippen molar-refractivity contribution in [3.05, 3.63) is 22.4 Å². The summed E-state index contributed by atoms with van der Waals surface area (Å²) in [6.45, 7) is 5.63. The van der Waals surface area contributed by atoms with Crippen molar-refractivity contribution < 1.29 is 19.2 Å². The van der Waals surface area contributed by atoms with Gasteiger partial charge in [0.05, 0.1) is 11.4 Å². The van der Waals surface area contributed by atoms with Gasteiger partial charge in [-0.05, 0) is 32.2 Å². The van der Waals surface area contributed by atoms with Gasteiger partial charge in [0.15, 0.2) is 5.78 Å². The molecular formula is C17H25N3O4S. The van der Waals surface area contributed by atoms with Gasteiger partial charge in [-0.3, -0.25) is 19.2 Å². The van der Waals surface area contributed by atoms with Crippen LogP contribution < -0.4 is 16.0 Å². The Morgan fingerprint density at radius 2 is 1.64 bits per heavy atom. The molecule has 0 aromatic carbocycles. The van der Waals surface area contributed by atoms with Crippen molar-refractivity contribution in [3.8, 4) is 0 Å². The van der Waals surface area contributed by atoms with Crippen LogP contribution in [0.1, 0.15) is 49.7 Å². The standard InChI is InChI=1S/C17H25N3O4S/c1-17(2,3)20-16(24)11-19-15(23)8-9-18-14(22)7-6-12(21)13-5-4-10-25-13/h4-5,10H,6-9,11H2,1-3H3,(H,18,22)(H,19,23)(H,20,24). The van der Waals surface area contributed by atoms with Crippen LogP contribution in [0.5, 0.6) is 0 Å². The lowest BCUT2D eigenvalue weighted by molar-refractivity contribution is -0.127. The molecule has 0 bridgehead atoms. The first-order valence-electron chi connectivity index (χ1n) is 8.08. The Labute approximate surface area is 151 Å². The molecule has 0 atom stereocenters. The van der Waals surface area contributed by atoms with Crippen molar-refractivity contribution in [2.75, 3.05) is 13.1 Å². The lowest BCUT2D eigenvalue weighted by Crippen LogP contribution is -2.46. The SMILES string of the molecule is CC(C)(C)NC(=O)CNC(=O)CCNC(=O)CCC(=O)c1cccs1. The van der Waals surface area contributed by atoms with Crippen molar-refractivity contribution in [1.82, 2.24) is 16.0 Å².